The van der Waals surface area contributed by atoms with Gasteiger partial charge in [-0.3, -0.25) is 4.79 Å². The van der Waals surface area contributed by atoms with Crippen molar-refractivity contribution in [2.45, 2.75) is 4.90 Å². The molecular formula is C17H14N2OS2. The van der Waals surface area contributed by atoms with Gasteiger partial charge in [0.1, 0.15) is 0 Å². The average Bonchev–Trinajstić information content (AvgIpc) is 3.03. The number of para-hydroxylation sites is 2. The number of amides is 1. The summed E-state index contributed by atoms with van der Waals surface area (Å²) in [4.78, 5) is 16.1. The van der Waals surface area contributed by atoms with Gasteiger partial charge in [0.2, 0.25) is 0 Å². The van der Waals surface area contributed by atoms with E-state index in [2.05, 4.69) is 41.1 Å². The first-order chi connectivity index (χ1) is 10.8. The van der Waals surface area contributed by atoms with Crippen LogP contribution in [0.1, 0.15) is 0 Å². The number of H-pyrrole nitrogens is 1. The highest BCUT2D eigenvalue weighted by molar-refractivity contribution is 8.05. The highest BCUT2D eigenvalue weighted by Crippen LogP contribution is 2.37. The van der Waals surface area contributed by atoms with E-state index in [1.165, 1.54) is 28.1 Å². The Kier molecular flexibility index (Phi) is 4.56. The maximum absolute atomic E-state index is 11.3. The number of aromatic nitrogens is 1. The number of thioether (sulfide) groups is 1. The zero-order chi connectivity index (χ0) is 15.4. The summed E-state index contributed by atoms with van der Waals surface area (Å²) in [6.07, 6.45) is 1.95. The zero-order valence-corrected chi connectivity index (χ0v) is 13.3. The van der Waals surface area contributed by atoms with Crippen LogP contribution in [0.15, 0.2) is 76.0 Å². The molecule has 2 heterocycles. The molecule has 0 saturated heterocycles. The molecule has 3 nitrogen and oxygen atoms in total. The standard InChI is InChI=1S/C9H7NOS2.C8H7N/c11-9-8(5-12)13-7-4-2-1-3-6(7)10-9;1-2-4-8-7(3-1)5-6-9-8/h1-5,12H,(H,10,11);1-6,9H/b8-5-;. The van der Waals surface area contributed by atoms with Crippen LogP contribution in [0, 0.1) is 0 Å². The summed E-state index contributed by atoms with van der Waals surface area (Å²) in [7, 11) is 0. The average molecular weight is 326 g/mol. The smallest absolute Gasteiger partial charge is 0.262 e. The normalized spacial score (nSPS) is 15.0. The SMILES string of the molecule is O=C1Nc2ccccc2S/C1=C\S.c1ccc2[nH]ccc2c1. The molecule has 2 aromatic carbocycles. The van der Waals surface area contributed by atoms with Crippen LogP contribution in [0.25, 0.3) is 10.9 Å². The molecule has 0 aliphatic carbocycles. The second-order valence-corrected chi connectivity index (χ2v) is 5.95. The predicted molar refractivity (Wildman–Crippen MR) is 96.3 cm³/mol. The van der Waals surface area contributed by atoms with E-state index in [-0.39, 0.29) is 5.91 Å². The van der Waals surface area contributed by atoms with E-state index in [4.69, 9.17) is 0 Å². The van der Waals surface area contributed by atoms with Crippen molar-refractivity contribution in [3.8, 4) is 0 Å². The van der Waals surface area contributed by atoms with Gasteiger partial charge in [0, 0.05) is 16.6 Å². The molecule has 1 aliphatic rings. The maximum atomic E-state index is 11.3. The molecule has 0 unspecified atom stereocenters. The number of benzene rings is 2. The number of carbonyl (C=O) groups excluding carboxylic acids is 1. The van der Waals surface area contributed by atoms with Crippen molar-refractivity contribution in [2.75, 3.05) is 5.32 Å². The first kappa shape index (κ1) is 14.8. The summed E-state index contributed by atoms with van der Waals surface area (Å²) >= 11 is 5.41. The van der Waals surface area contributed by atoms with Crippen LogP contribution >= 0.6 is 24.4 Å². The van der Waals surface area contributed by atoms with Crippen LogP contribution in [0.4, 0.5) is 5.69 Å². The molecule has 110 valence electrons. The van der Waals surface area contributed by atoms with Crippen LogP contribution < -0.4 is 5.32 Å². The topological polar surface area (TPSA) is 44.9 Å². The van der Waals surface area contributed by atoms with Crippen molar-refractivity contribution in [1.29, 1.82) is 0 Å². The number of rotatable bonds is 0. The lowest BCUT2D eigenvalue weighted by atomic mass is 10.3. The Morgan fingerprint density at radius 1 is 1.00 bits per heavy atom. The first-order valence-corrected chi connectivity index (χ1v) is 8.06. The summed E-state index contributed by atoms with van der Waals surface area (Å²) < 4.78 is 0. The van der Waals surface area contributed by atoms with Crippen molar-refractivity contribution >= 4 is 46.9 Å². The van der Waals surface area contributed by atoms with Gasteiger partial charge in [-0.15, -0.1) is 0 Å². The summed E-state index contributed by atoms with van der Waals surface area (Å²) in [6.45, 7) is 0. The predicted octanol–water partition coefficient (Wildman–Crippen LogP) is 4.67. The fourth-order valence-corrected chi connectivity index (χ4v) is 3.17. The van der Waals surface area contributed by atoms with E-state index >= 15 is 0 Å². The molecule has 0 spiro atoms. The van der Waals surface area contributed by atoms with E-state index in [0.717, 1.165) is 10.6 Å². The van der Waals surface area contributed by atoms with E-state index in [1.807, 2.05) is 42.6 Å². The molecule has 0 radical (unpaired) electrons. The van der Waals surface area contributed by atoms with E-state index in [1.54, 1.807) is 0 Å². The largest absolute Gasteiger partial charge is 0.361 e. The third-order valence-electron chi connectivity index (χ3n) is 3.16. The van der Waals surface area contributed by atoms with Gasteiger partial charge < -0.3 is 10.3 Å². The highest BCUT2D eigenvalue weighted by Gasteiger charge is 2.19. The van der Waals surface area contributed by atoms with E-state index in [0.29, 0.717) is 4.91 Å². The van der Waals surface area contributed by atoms with Crippen molar-refractivity contribution in [1.82, 2.24) is 4.98 Å². The second kappa shape index (κ2) is 6.77. The van der Waals surface area contributed by atoms with E-state index < -0.39 is 0 Å². The molecule has 5 heteroatoms. The summed E-state index contributed by atoms with van der Waals surface area (Å²) in [5, 5.41) is 5.58. The molecule has 0 fully saturated rings. The number of thiol groups is 1. The fraction of sp³-hybridized carbons (Fsp3) is 0. The van der Waals surface area contributed by atoms with Gasteiger partial charge in [0.15, 0.2) is 0 Å². The third kappa shape index (κ3) is 3.21. The van der Waals surface area contributed by atoms with Gasteiger partial charge in [-0.1, -0.05) is 42.1 Å². The molecule has 0 bridgehead atoms. The lowest BCUT2D eigenvalue weighted by Crippen LogP contribution is -2.16. The fourth-order valence-electron chi connectivity index (χ4n) is 2.09. The highest BCUT2D eigenvalue weighted by atomic mass is 32.2. The minimum Gasteiger partial charge on any atom is -0.361 e. The minimum absolute atomic E-state index is 0.0845. The zero-order valence-electron chi connectivity index (χ0n) is 11.6. The van der Waals surface area contributed by atoms with Crippen LogP contribution in [0.5, 0.6) is 0 Å². The van der Waals surface area contributed by atoms with Gasteiger partial charge in [-0.2, -0.15) is 12.6 Å². The monoisotopic (exact) mass is 326 g/mol. The number of hydrogen-bond donors (Lipinski definition) is 3. The lowest BCUT2D eigenvalue weighted by molar-refractivity contribution is -0.112. The minimum atomic E-state index is -0.0845. The Morgan fingerprint density at radius 3 is 2.59 bits per heavy atom. The summed E-state index contributed by atoms with van der Waals surface area (Å²) in [6, 6.07) is 18.0. The number of fused-ring (bicyclic) bond motifs is 2. The Morgan fingerprint density at radius 2 is 1.77 bits per heavy atom. The van der Waals surface area contributed by atoms with E-state index in [9.17, 15) is 4.79 Å². The number of nitrogens with one attached hydrogen (secondary N) is 2. The molecule has 4 rings (SSSR count). The summed E-state index contributed by atoms with van der Waals surface area (Å²) in [5.74, 6) is -0.0845. The lowest BCUT2D eigenvalue weighted by Gasteiger charge is -2.17. The molecule has 0 atom stereocenters. The van der Waals surface area contributed by atoms with Crippen LogP contribution in [-0.2, 0) is 4.79 Å². The van der Waals surface area contributed by atoms with Gasteiger partial charge in [0.25, 0.3) is 5.91 Å². The van der Waals surface area contributed by atoms with Crippen molar-refractivity contribution < 1.29 is 4.79 Å². The third-order valence-corrected chi connectivity index (χ3v) is 4.69. The Labute approximate surface area is 138 Å². The van der Waals surface area contributed by atoms with Crippen LogP contribution in [0.3, 0.4) is 0 Å². The molecule has 1 amide bonds. The van der Waals surface area contributed by atoms with Crippen molar-refractivity contribution in [2.24, 2.45) is 0 Å². The van der Waals surface area contributed by atoms with Gasteiger partial charge >= 0.3 is 0 Å². The Hall–Kier alpha value is -2.11. The van der Waals surface area contributed by atoms with Gasteiger partial charge in [-0.25, -0.2) is 0 Å². The molecule has 0 saturated carbocycles. The molecule has 1 aliphatic heterocycles. The molecular weight excluding hydrogens is 312 g/mol. The number of hydrogen-bond acceptors (Lipinski definition) is 3. The maximum Gasteiger partial charge on any atom is 0.262 e. The van der Waals surface area contributed by atoms with Gasteiger partial charge in [-0.05, 0) is 35.1 Å². The number of anilines is 1. The first-order valence-electron chi connectivity index (χ1n) is 6.72. The summed E-state index contributed by atoms with van der Waals surface area (Å²) in [5.41, 5.74) is 2.08. The molecule has 22 heavy (non-hydrogen) atoms. The molecule has 3 aromatic rings. The Bertz CT molecular complexity index is 809. The number of aromatic amines is 1. The molecule has 2 N–H and O–H groups in total. The number of carbonyl (C=O) groups is 1. The quantitative estimate of drug-likeness (QED) is 0.415. The van der Waals surface area contributed by atoms with Crippen LogP contribution in [-0.4, -0.2) is 10.9 Å². The van der Waals surface area contributed by atoms with Gasteiger partial charge in [0.05, 0.1) is 10.6 Å². The van der Waals surface area contributed by atoms with Crippen LogP contribution in [0.2, 0.25) is 0 Å². The van der Waals surface area contributed by atoms with Crippen molar-refractivity contribution in [3.05, 3.63) is 71.1 Å². The Balaban J connectivity index is 0.000000139. The molecule has 1 aromatic heterocycles. The second-order valence-electron chi connectivity index (χ2n) is 4.61. The van der Waals surface area contributed by atoms with Crippen molar-refractivity contribution in [3.63, 3.8) is 0 Å².